The van der Waals surface area contributed by atoms with Gasteiger partial charge in [0.1, 0.15) is 0 Å². The first kappa shape index (κ1) is 18.5. The summed E-state index contributed by atoms with van der Waals surface area (Å²) < 4.78 is 0. The van der Waals surface area contributed by atoms with Gasteiger partial charge in [0.2, 0.25) is 11.8 Å². The minimum Gasteiger partial charge on any atom is -0.355 e. The molecule has 1 fully saturated rings. The molecule has 2 aromatic rings. The largest absolute Gasteiger partial charge is 0.355 e. The number of hydrogen-bond acceptors (Lipinski definition) is 2. The van der Waals surface area contributed by atoms with Crippen LogP contribution in [0.15, 0.2) is 48.5 Å². The maximum atomic E-state index is 12.7. The fourth-order valence-corrected chi connectivity index (χ4v) is 3.26. The lowest BCUT2D eigenvalue weighted by molar-refractivity contribution is -0.126. The second kappa shape index (κ2) is 7.92. The van der Waals surface area contributed by atoms with Crippen LogP contribution in [0.4, 0.5) is 0 Å². The van der Waals surface area contributed by atoms with E-state index in [2.05, 4.69) is 36.6 Å². The van der Waals surface area contributed by atoms with Crippen LogP contribution in [0.1, 0.15) is 48.9 Å². The highest BCUT2D eigenvalue weighted by Gasteiger charge is 2.30. The van der Waals surface area contributed by atoms with Crippen LogP contribution < -0.4 is 10.6 Å². The van der Waals surface area contributed by atoms with Crippen molar-refractivity contribution in [2.24, 2.45) is 5.92 Å². The SMILES string of the molecule is CC(C)c1ccc(C(NC(=O)[C@@H]2CNC(=O)C2)c2ccc(Cl)cc2)cc1. The molecule has 0 saturated carbocycles. The monoisotopic (exact) mass is 370 g/mol. The van der Waals surface area contributed by atoms with Crippen molar-refractivity contribution in [2.75, 3.05) is 6.54 Å². The average Bonchev–Trinajstić information content (AvgIpc) is 3.07. The number of halogens is 1. The van der Waals surface area contributed by atoms with Crippen LogP contribution in [0.5, 0.6) is 0 Å². The minimum absolute atomic E-state index is 0.0746. The van der Waals surface area contributed by atoms with E-state index in [-0.39, 0.29) is 30.2 Å². The quantitative estimate of drug-likeness (QED) is 0.840. The van der Waals surface area contributed by atoms with Gasteiger partial charge in [-0.2, -0.15) is 0 Å². The van der Waals surface area contributed by atoms with Gasteiger partial charge in [0.05, 0.1) is 12.0 Å². The standard InChI is InChI=1S/C21H23ClN2O2/c1-13(2)14-3-5-15(6-4-14)20(16-7-9-18(22)10-8-16)24-21(26)17-11-19(25)23-12-17/h3-10,13,17,20H,11-12H2,1-2H3,(H,23,25)(H,24,26)/t17-,20?/m0/s1. The number of hydrogen-bond donors (Lipinski definition) is 2. The normalized spacial score (nSPS) is 17.8. The molecule has 4 nitrogen and oxygen atoms in total. The molecule has 1 aliphatic rings. The fourth-order valence-electron chi connectivity index (χ4n) is 3.14. The van der Waals surface area contributed by atoms with Crippen molar-refractivity contribution in [3.8, 4) is 0 Å². The number of rotatable bonds is 5. The van der Waals surface area contributed by atoms with Gasteiger partial charge in [0.15, 0.2) is 0 Å². The summed E-state index contributed by atoms with van der Waals surface area (Å²) in [6.45, 7) is 4.69. The second-order valence-electron chi connectivity index (χ2n) is 7.02. The molecular formula is C21H23ClN2O2. The Kier molecular flexibility index (Phi) is 5.62. The van der Waals surface area contributed by atoms with Crippen molar-refractivity contribution >= 4 is 23.4 Å². The van der Waals surface area contributed by atoms with Crippen LogP contribution in [-0.4, -0.2) is 18.4 Å². The molecule has 0 bridgehead atoms. The van der Waals surface area contributed by atoms with Gasteiger partial charge in [0.25, 0.3) is 0 Å². The van der Waals surface area contributed by atoms with E-state index in [1.807, 2.05) is 36.4 Å². The molecule has 1 aliphatic heterocycles. The molecule has 0 aliphatic carbocycles. The van der Waals surface area contributed by atoms with Crippen LogP contribution in [0, 0.1) is 5.92 Å². The van der Waals surface area contributed by atoms with E-state index in [0.717, 1.165) is 11.1 Å². The molecule has 2 amide bonds. The van der Waals surface area contributed by atoms with Gasteiger partial charge >= 0.3 is 0 Å². The topological polar surface area (TPSA) is 58.2 Å². The first-order valence-electron chi connectivity index (χ1n) is 8.86. The average molecular weight is 371 g/mol. The molecule has 0 radical (unpaired) electrons. The number of carbonyl (C=O) groups excluding carboxylic acids is 2. The Morgan fingerprint density at radius 1 is 1.04 bits per heavy atom. The first-order valence-corrected chi connectivity index (χ1v) is 9.24. The molecule has 2 atom stereocenters. The summed E-state index contributed by atoms with van der Waals surface area (Å²) in [5.74, 6) is -0.0684. The molecule has 0 aromatic heterocycles. The number of nitrogens with one attached hydrogen (secondary N) is 2. The summed E-state index contributed by atoms with van der Waals surface area (Å²) in [5, 5.41) is 6.47. The van der Waals surface area contributed by atoms with Crippen molar-refractivity contribution in [2.45, 2.75) is 32.2 Å². The number of amides is 2. The molecule has 2 aromatic carbocycles. The fraction of sp³-hybridized carbons (Fsp3) is 0.333. The van der Waals surface area contributed by atoms with E-state index in [9.17, 15) is 9.59 Å². The molecule has 136 valence electrons. The van der Waals surface area contributed by atoms with Gasteiger partial charge in [0, 0.05) is 18.0 Å². The van der Waals surface area contributed by atoms with E-state index in [1.165, 1.54) is 5.56 Å². The molecule has 2 N–H and O–H groups in total. The van der Waals surface area contributed by atoms with Crippen LogP contribution in [0.25, 0.3) is 0 Å². The predicted molar refractivity (Wildman–Crippen MR) is 103 cm³/mol. The van der Waals surface area contributed by atoms with Crippen LogP contribution in [-0.2, 0) is 9.59 Å². The van der Waals surface area contributed by atoms with Crippen molar-refractivity contribution < 1.29 is 9.59 Å². The van der Waals surface area contributed by atoms with Crippen molar-refractivity contribution in [3.05, 3.63) is 70.2 Å². The van der Waals surface area contributed by atoms with E-state index >= 15 is 0 Å². The Morgan fingerprint density at radius 3 is 2.08 bits per heavy atom. The Morgan fingerprint density at radius 2 is 1.58 bits per heavy atom. The van der Waals surface area contributed by atoms with Crippen LogP contribution >= 0.6 is 11.6 Å². The molecule has 1 unspecified atom stereocenters. The zero-order chi connectivity index (χ0) is 18.7. The third kappa shape index (κ3) is 4.25. The molecule has 26 heavy (non-hydrogen) atoms. The first-order chi connectivity index (χ1) is 12.4. The van der Waals surface area contributed by atoms with Gasteiger partial charge < -0.3 is 10.6 Å². The van der Waals surface area contributed by atoms with E-state index < -0.39 is 0 Å². The molecule has 5 heteroatoms. The van der Waals surface area contributed by atoms with Crippen molar-refractivity contribution in [1.82, 2.24) is 10.6 Å². The van der Waals surface area contributed by atoms with Gasteiger partial charge in [-0.3, -0.25) is 9.59 Å². The zero-order valence-electron chi connectivity index (χ0n) is 15.0. The summed E-state index contributed by atoms with van der Waals surface area (Å²) >= 11 is 6.01. The summed E-state index contributed by atoms with van der Waals surface area (Å²) in [5.41, 5.74) is 3.21. The Hall–Kier alpha value is -2.33. The third-order valence-corrected chi connectivity index (χ3v) is 5.03. The minimum atomic E-state index is -0.327. The second-order valence-corrected chi connectivity index (χ2v) is 7.46. The van der Waals surface area contributed by atoms with Gasteiger partial charge in [-0.05, 0) is 34.7 Å². The van der Waals surface area contributed by atoms with Gasteiger partial charge in [-0.1, -0.05) is 61.8 Å². The zero-order valence-corrected chi connectivity index (χ0v) is 15.7. The van der Waals surface area contributed by atoms with Gasteiger partial charge in [-0.25, -0.2) is 0 Å². The lowest BCUT2D eigenvalue weighted by atomic mass is 9.94. The maximum absolute atomic E-state index is 12.7. The van der Waals surface area contributed by atoms with Crippen LogP contribution in [0.3, 0.4) is 0 Å². The maximum Gasteiger partial charge on any atom is 0.226 e. The number of carbonyl (C=O) groups is 2. The van der Waals surface area contributed by atoms with Gasteiger partial charge in [-0.15, -0.1) is 0 Å². The molecule has 3 rings (SSSR count). The predicted octanol–water partition coefficient (Wildman–Crippen LogP) is 3.81. The van der Waals surface area contributed by atoms with E-state index in [1.54, 1.807) is 0 Å². The van der Waals surface area contributed by atoms with Crippen LogP contribution in [0.2, 0.25) is 5.02 Å². The summed E-state index contributed by atoms with van der Waals surface area (Å²) in [6, 6.07) is 15.5. The molecular weight excluding hydrogens is 348 g/mol. The Balaban J connectivity index is 1.87. The summed E-state index contributed by atoms with van der Waals surface area (Å²) in [6.07, 6.45) is 0.242. The van der Waals surface area contributed by atoms with Crippen molar-refractivity contribution in [3.63, 3.8) is 0 Å². The molecule has 1 saturated heterocycles. The lowest BCUT2D eigenvalue weighted by Crippen LogP contribution is -2.35. The summed E-state index contributed by atoms with van der Waals surface area (Å²) in [7, 11) is 0. The lowest BCUT2D eigenvalue weighted by Gasteiger charge is -2.22. The number of benzene rings is 2. The highest BCUT2D eigenvalue weighted by Crippen LogP contribution is 2.26. The smallest absolute Gasteiger partial charge is 0.226 e. The highest BCUT2D eigenvalue weighted by atomic mass is 35.5. The Labute approximate surface area is 158 Å². The molecule has 1 heterocycles. The third-order valence-electron chi connectivity index (χ3n) is 4.77. The van der Waals surface area contributed by atoms with E-state index in [0.29, 0.717) is 17.5 Å². The van der Waals surface area contributed by atoms with E-state index in [4.69, 9.17) is 11.6 Å². The molecule has 0 spiro atoms. The highest BCUT2D eigenvalue weighted by molar-refractivity contribution is 6.30. The van der Waals surface area contributed by atoms with Crippen molar-refractivity contribution in [1.29, 1.82) is 0 Å². The summed E-state index contributed by atoms with van der Waals surface area (Å²) in [4.78, 5) is 24.1. The Bertz CT molecular complexity index is 785.